The molecule has 0 amide bonds. The monoisotopic (exact) mass is 464 g/mol. The predicted molar refractivity (Wildman–Crippen MR) is 134 cm³/mol. The number of hydrogen-bond donors (Lipinski definition) is 0. The van der Waals surface area contributed by atoms with E-state index in [2.05, 4.69) is 104 Å². The van der Waals surface area contributed by atoms with Crippen LogP contribution in [0.15, 0.2) is 78.9 Å². The third-order valence-corrected chi connectivity index (χ3v) is 9.72. The number of rotatable bonds is 1. The van der Waals surface area contributed by atoms with Crippen molar-refractivity contribution in [3.05, 3.63) is 95.6 Å². The summed E-state index contributed by atoms with van der Waals surface area (Å²) in [6, 6.07) is 29.5. The van der Waals surface area contributed by atoms with Gasteiger partial charge in [0, 0.05) is 0 Å². The molecule has 0 unspecified atom stereocenters. The average Bonchev–Trinajstić information content (AvgIpc) is 3.45. The Morgan fingerprint density at radius 3 is 2.52 bits per heavy atom. The van der Waals surface area contributed by atoms with Crippen molar-refractivity contribution in [3.63, 3.8) is 0 Å². The Labute approximate surface area is 188 Å². The van der Waals surface area contributed by atoms with E-state index >= 15 is 0 Å². The molecule has 1 aliphatic carbocycles. The van der Waals surface area contributed by atoms with Gasteiger partial charge in [-0.3, -0.25) is 0 Å². The van der Waals surface area contributed by atoms with E-state index in [0.29, 0.717) is 14.5 Å². The molecule has 1 nitrogen and oxygen atoms in total. The molecule has 1 aromatic heterocycles. The standard InChI is InChI=1S/C29H22NSe/c1-29(2)22-11-5-3-9-21(22)26-23(29)15-14-18-16-17-30(27(18)26)24-12-7-10-20-19-8-4-6-13-25(19)31-28(20)24/h3-15,17H,16H2,1-2H3/q+1. The Balaban J connectivity index is 1.54. The van der Waals surface area contributed by atoms with E-state index in [-0.39, 0.29) is 5.41 Å². The first kappa shape index (κ1) is 17.7. The van der Waals surface area contributed by atoms with Gasteiger partial charge in [-0.05, 0) is 0 Å². The molecule has 5 aromatic rings. The van der Waals surface area contributed by atoms with Crippen LogP contribution in [-0.2, 0) is 11.8 Å². The molecule has 1 aliphatic heterocycles. The second kappa shape index (κ2) is 6.07. The van der Waals surface area contributed by atoms with Crippen molar-refractivity contribution in [1.29, 1.82) is 0 Å². The summed E-state index contributed by atoms with van der Waals surface area (Å²) in [5, 5.41) is 2.84. The molecule has 31 heavy (non-hydrogen) atoms. The van der Waals surface area contributed by atoms with Crippen molar-refractivity contribution in [2.24, 2.45) is 0 Å². The molecule has 148 valence electrons. The van der Waals surface area contributed by atoms with E-state index in [1.165, 1.54) is 58.5 Å². The van der Waals surface area contributed by atoms with Crippen LogP contribution in [0.5, 0.6) is 0 Å². The second-order valence-corrected chi connectivity index (χ2v) is 11.4. The Bertz CT molecular complexity index is 1580. The van der Waals surface area contributed by atoms with Crippen molar-refractivity contribution in [2.75, 3.05) is 0 Å². The Morgan fingerprint density at radius 2 is 1.58 bits per heavy atom. The molecule has 0 radical (unpaired) electrons. The maximum absolute atomic E-state index is 2.51. The van der Waals surface area contributed by atoms with E-state index in [9.17, 15) is 0 Å². The maximum atomic E-state index is 2.51. The number of benzene rings is 4. The first-order valence-electron chi connectivity index (χ1n) is 10.9. The van der Waals surface area contributed by atoms with Crippen molar-refractivity contribution in [1.82, 2.24) is 4.58 Å². The van der Waals surface area contributed by atoms with Gasteiger partial charge < -0.3 is 0 Å². The molecule has 4 aromatic carbocycles. The fourth-order valence-electron chi connectivity index (χ4n) is 5.68. The molecular weight excluding hydrogens is 441 g/mol. The van der Waals surface area contributed by atoms with Crippen LogP contribution < -0.4 is 4.58 Å². The summed E-state index contributed by atoms with van der Waals surface area (Å²) >= 11 is 0.342. The van der Waals surface area contributed by atoms with Crippen molar-refractivity contribution in [2.45, 2.75) is 25.7 Å². The third-order valence-electron chi connectivity index (χ3n) is 7.18. The number of nitrogens with zero attached hydrogens (tertiary/aromatic N) is 1. The summed E-state index contributed by atoms with van der Waals surface area (Å²) in [7, 11) is 0. The van der Waals surface area contributed by atoms with E-state index in [1.54, 1.807) is 0 Å². The Morgan fingerprint density at radius 1 is 0.774 bits per heavy atom. The molecule has 0 saturated carbocycles. The minimum atomic E-state index is 0.0357. The summed E-state index contributed by atoms with van der Waals surface area (Å²) in [5.41, 5.74) is 9.97. The summed E-state index contributed by atoms with van der Waals surface area (Å²) in [6.07, 6.45) is 3.39. The average molecular weight is 463 g/mol. The molecule has 0 fully saturated rings. The molecule has 0 N–H and O–H groups in total. The molecule has 2 heteroatoms. The molecule has 7 rings (SSSR count). The fraction of sp³-hybridized carbons (Fsp3) is 0.138. The van der Waals surface area contributed by atoms with Gasteiger partial charge in [-0.15, -0.1) is 0 Å². The topological polar surface area (TPSA) is 3.01 Å². The van der Waals surface area contributed by atoms with Gasteiger partial charge >= 0.3 is 188 Å². The molecule has 0 atom stereocenters. The molecule has 0 bridgehead atoms. The summed E-state index contributed by atoms with van der Waals surface area (Å²) in [5.74, 6) is 0. The van der Waals surface area contributed by atoms with Crippen molar-refractivity contribution >= 4 is 51.4 Å². The number of hydrogen-bond acceptors (Lipinski definition) is 0. The first-order chi connectivity index (χ1) is 15.1. The SMILES string of the molecule is CC1(C)c2ccccc2-c2c1ccc1c2[N+](c2cccc3c2[se]c2ccccc23)=CC1. The normalized spacial score (nSPS) is 15.7. The Hall–Kier alpha value is -2.93. The van der Waals surface area contributed by atoms with Crippen LogP contribution in [0, 0.1) is 0 Å². The van der Waals surface area contributed by atoms with Crippen LogP contribution >= 0.6 is 0 Å². The quantitative estimate of drug-likeness (QED) is 0.190. The molecule has 2 heterocycles. The van der Waals surface area contributed by atoms with Gasteiger partial charge in [0.25, 0.3) is 0 Å². The number of fused-ring (bicyclic) bond motifs is 8. The van der Waals surface area contributed by atoms with E-state index < -0.39 is 0 Å². The van der Waals surface area contributed by atoms with Gasteiger partial charge in [0.05, 0.1) is 0 Å². The van der Waals surface area contributed by atoms with Gasteiger partial charge in [0.15, 0.2) is 0 Å². The van der Waals surface area contributed by atoms with Crippen LogP contribution in [-0.4, -0.2) is 20.7 Å². The third kappa shape index (κ3) is 2.24. The van der Waals surface area contributed by atoms with Crippen LogP contribution in [0.3, 0.4) is 0 Å². The summed E-state index contributed by atoms with van der Waals surface area (Å²) < 4.78 is 5.53. The van der Waals surface area contributed by atoms with Gasteiger partial charge in [-0.2, -0.15) is 0 Å². The van der Waals surface area contributed by atoms with Gasteiger partial charge in [-0.1, -0.05) is 0 Å². The van der Waals surface area contributed by atoms with Crippen LogP contribution in [0.4, 0.5) is 11.4 Å². The van der Waals surface area contributed by atoms with Crippen LogP contribution in [0.2, 0.25) is 0 Å². The minimum absolute atomic E-state index is 0.0357. The van der Waals surface area contributed by atoms with E-state index in [0.717, 1.165) is 6.42 Å². The molecule has 0 spiro atoms. The Kier molecular flexibility index (Phi) is 3.47. The van der Waals surface area contributed by atoms with E-state index in [4.69, 9.17) is 0 Å². The molecular formula is C29H22NSe+. The van der Waals surface area contributed by atoms with E-state index in [1.807, 2.05) is 0 Å². The van der Waals surface area contributed by atoms with Crippen molar-refractivity contribution in [3.8, 4) is 11.1 Å². The van der Waals surface area contributed by atoms with Crippen LogP contribution in [0.1, 0.15) is 30.5 Å². The summed E-state index contributed by atoms with van der Waals surface area (Å²) in [4.78, 5) is 0. The second-order valence-electron chi connectivity index (χ2n) is 9.18. The van der Waals surface area contributed by atoms with Gasteiger partial charge in [0.2, 0.25) is 0 Å². The van der Waals surface area contributed by atoms with Gasteiger partial charge in [-0.25, -0.2) is 0 Å². The van der Waals surface area contributed by atoms with Crippen molar-refractivity contribution < 1.29 is 0 Å². The zero-order chi connectivity index (χ0) is 20.7. The first-order valence-corrected chi connectivity index (χ1v) is 12.6. The van der Waals surface area contributed by atoms with Gasteiger partial charge in [0.1, 0.15) is 0 Å². The zero-order valence-corrected chi connectivity index (χ0v) is 19.4. The summed E-state index contributed by atoms with van der Waals surface area (Å²) in [6.45, 7) is 4.74. The zero-order valence-electron chi connectivity index (χ0n) is 17.6. The molecule has 2 aliphatic rings. The predicted octanol–water partition coefficient (Wildman–Crippen LogP) is 6.82. The molecule has 0 saturated heterocycles. The van der Waals surface area contributed by atoms with Crippen LogP contribution in [0.25, 0.3) is 30.4 Å². The fourth-order valence-corrected chi connectivity index (χ4v) is 8.23.